The van der Waals surface area contributed by atoms with Gasteiger partial charge in [-0.15, -0.1) is 5.10 Å². The van der Waals surface area contributed by atoms with Crippen LogP contribution in [0.25, 0.3) is 44.7 Å². The fourth-order valence-electron chi connectivity index (χ4n) is 6.23. The van der Waals surface area contributed by atoms with Crippen LogP contribution < -0.4 is 10.5 Å². The number of fused-ring (bicyclic) bond motifs is 4. The molecule has 3 aromatic carbocycles. The number of aryl methyl sites for hydroxylation is 1. The monoisotopic (exact) mass is 625 g/mol. The van der Waals surface area contributed by atoms with E-state index in [-0.39, 0.29) is 23.8 Å². The summed E-state index contributed by atoms with van der Waals surface area (Å²) in [6, 6.07) is 29.7. The molecule has 0 spiro atoms. The van der Waals surface area contributed by atoms with Gasteiger partial charge in [0, 0.05) is 49.9 Å². The lowest BCUT2D eigenvalue weighted by Gasteiger charge is -2.35. The molecular weight excluding hydrogens is 594 g/mol. The maximum atomic E-state index is 12.8. The van der Waals surface area contributed by atoms with Gasteiger partial charge < -0.3 is 9.64 Å². The quantitative estimate of drug-likeness (QED) is 0.259. The molecule has 4 aromatic heterocycles. The Balaban J connectivity index is 0.976. The fraction of sp³-hybridized carbons (Fsp3) is 0.200. The van der Waals surface area contributed by atoms with Crippen LogP contribution in [0, 0.1) is 6.92 Å². The van der Waals surface area contributed by atoms with Crippen molar-refractivity contribution in [2.24, 2.45) is 0 Å². The third-order valence-corrected chi connectivity index (χ3v) is 8.61. The van der Waals surface area contributed by atoms with E-state index in [4.69, 9.17) is 14.8 Å². The van der Waals surface area contributed by atoms with Crippen molar-refractivity contribution in [3.05, 3.63) is 113 Å². The number of carbonyl (C=O) groups is 1. The van der Waals surface area contributed by atoms with E-state index in [0.717, 1.165) is 65.7 Å². The van der Waals surface area contributed by atoms with Gasteiger partial charge in [-0.1, -0.05) is 72.8 Å². The van der Waals surface area contributed by atoms with Gasteiger partial charge in [-0.25, -0.2) is 9.78 Å². The number of rotatable bonds is 7. The van der Waals surface area contributed by atoms with Crippen LogP contribution in [0.4, 0.5) is 5.82 Å². The van der Waals surface area contributed by atoms with Gasteiger partial charge in [0.2, 0.25) is 5.78 Å². The molecule has 8 rings (SSSR count). The summed E-state index contributed by atoms with van der Waals surface area (Å²) in [6.07, 6.45) is 0. The van der Waals surface area contributed by atoms with Crippen molar-refractivity contribution in [1.82, 2.24) is 39.1 Å². The van der Waals surface area contributed by atoms with Crippen molar-refractivity contribution in [1.29, 1.82) is 0 Å². The third kappa shape index (κ3) is 5.28. The van der Waals surface area contributed by atoms with Gasteiger partial charge in [-0.2, -0.15) is 19.1 Å². The van der Waals surface area contributed by atoms with E-state index < -0.39 is 5.97 Å². The van der Waals surface area contributed by atoms with Gasteiger partial charge in [-0.3, -0.25) is 14.7 Å². The van der Waals surface area contributed by atoms with Gasteiger partial charge >= 0.3 is 5.97 Å². The smallest absolute Gasteiger partial charge is 0.378 e. The molecule has 0 aliphatic carbocycles. The standard InChI is InChI=1S/C35H31N9O3/c1-23-30(25-12-6-3-7-13-25)32-36-27(24-10-4-2-5-11-24)22-29(44(32)39-23)42-18-16-41(17-19-42)20-21-47-34(46)31-37-35-38-33(45)26-14-8-9-15-28(26)43(35)40-31/h2-15,22H,16-21H2,1H3,(H,37,38,40,45). The molecule has 234 valence electrons. The number of piperazine rings is 1. The number of nitrogens with zero attached hydrogens (tertiary/aromatic N) is 8. The maximum absolute atomic E-state index is 12.8. The van der Waals surface area contributed by atoms with Gasteiger partial charge in [0.1, 0.15) is 12.4 Å². The van der Waals surface area contributed by atoms with E-state index in [2.05, 4.69) is 55.2 Å². The normalized spacial score (nSPS) is 13.9. The predicted molar refractivity (Wildman–Crippen MR) is 179 cm³/mol. The number of H-pyrrole nitrogens is 1. The van der Waals surface area contributed by atoms with Crippen LogP contribution in [0.3, 0.4) is 0 Å². The maximum Gasteiger partial charge on any atom is 0.378 e. The number of nitrogens with one attached hydrogen (secondary N) is 1. The zero-order valence-corrected chi connectivity index (χ0v) is 25.7. The van der Waals surface area contributed by atoms with Crippen LogP contribution in [0.15, 0.2) is 95.8 Å². The minimum absolute atomic E-state index is 0.0952. The van der Waals surface area contributed by atoms with E-state index in [1.54, 1.807) is 24.3 Å². The van der Waals surface area contributed by atoms with Gasteiger partial charge in [0.05, 0.1) is 22.3 Å². The molecule has 5 heterocycles. The number of benzene rings is 3. The van der Waals surface area contributed by atoms with Crippen LogP contribution in [-0.4, -0.2) is 84.4 Å². The Bertz CT molecular complexity index is 2300. The summed E-state index contributed by atoms with van der Waals surface area (Å²) in [5.41, 5.74) is 6.11. The van der Waals surface area contributed by atoms with Crippen molar-refractivity contribution >= 4 is 34.1 Å². The molecule has 12 heteroatoms. The summed E-state index contributed by atoms with van der Waals surface area (Å²) in [6.45, 7) is 5.92. The third-order valence-electron chi connectivity index (χ3n) is 8.61. The van der Waals surface area contributed by atoms with E-state index >= 15 is 0 Å². The van der Waals surface area contributed by atoms with Crippen LogP contribution in [0.2, 0.25) is 0 Å². The second kappa shape index (κ2) is 11.8. The number of esters is 1. The Morgan fingerprint density at radius 3 is 2.30 bits per heavy atom. The van der Waals surface area contributed by atoms with Gasteiger partial charge in [0.15, 0.2) is 5.65 Å². The number of hydrogen-bond donors (Lipinski definition) is 1. The topological polar surface area (TPSA) is 126 Å². The van der Waals surface area contributed by atoms with Crippen molar-refractivity contribution in [2.75, 3.05) is 44.2 Å². The summed E-state index contributed by atoms with van der Waals surface area (Å²) in [4.78, 5) is 41.8. The molecule has 1 saturated heterocycles. The number of ether oxygens (including phenoxy) is 1. The molecule has 0 atom stereocenters. The molecule has 1 fully saturated rings. The lowest BCUT2D eigenvalue weighted by atomic mass is 10.1. The molecule has 47 heavy (non-hydrogen) atoms. The first kappa shape index (κ1) is 28.6. The fourth-order valence-corrected chi connectivity index (χ4v) is 6.23. The number of para-hydroxylation sites is 1. The average Bonchev–Trinajstić information content (AvgIpc) is 3.70. The average molecular weight is 626 g/mol. The SMILES string of the molecule is Cc1nn2c(N3CCN(CCOC(=O)c4nc5[nH]c(=O)c6ccccc6n5n4)CC3)cc(-c3ccccc3)nc2c1-c1ccccc1. The zero-order chi connectivity index (χ0) is 31.9. The summed E-state index contributed by atoms with van der Waals surface area (Å²) in [5.74, 6) is 0.463. The van der Waals surface area contributed by atoms with Crippen molar-refractivity contribution < 1.29 is 9.53 Å². The van der Waals surface area contributed by atoms with Crippen LogP contribution in [0.1, 0.15) is 16.3 Å². The first-order valence-electron chi connectivity index (χ1n) is 15.6. The van der Waals surface area contributed by atoms with E-state index in [1.165, 1.54) is 4.52 Å². The zero-order valence-electron chi connectivity index (χ0n) is 25.7. The summed E-state index contributed by atoms with van der Waals surface area (Å²) >= 11 is 0. The van der Waals surface area contributed by atoms with Crippen molar-refractivity contribution in [2.45, 2.75) is 6.92 Å². The molecule has 0 amide bonds. The number of aromatic amines is 1. The largest absolute Gasteiger partial charge is 0.458 e. The molecule has 1 aliphatic rings. The molecule has 0 unspecified atom stereocenters. The summed E-state index contributed by atoms with van der Waals surface area (Å²) in [7, 11) is 0. The van der Waals surface area contributed by atoms with Gasteiger partial charge in [-0.05, 0) is 24.6 Å². The molecule has 1 aliphatic heterocycles. The van der Waals surface area contributed by atoms with Crippen LogP contribution >= 0.6 is 0 Å². The molecule has 1 N–H and O–H groups in total. The number of anilines is 1. The molecule has 7 aromatic rings. The Labute approximate surface area is 268 Å². The Hall–Kier alpha value is -5.88. The second-order valence-corrected chi connectivity index (χ2v) is 11.5. The Kier molecular flexibility index (Phi) is 7.18. The van der Waals surface area contributed by atoms with Crippen molar-refractivity contribution in [3.8, 4) is 22.4 Å². The van der Waals surface area contributed by atoms with Crippen molar-refractivity contribution in [3.63, 3.8) is 0 Å². The van der Waals surface area contributed by atoms with Crippen LogP contribution in [-0.2, 0) is 4.74 Å². The highest BCUT2D eigenvalue weighted by atomic mass is 16.5. The second-order valence-electron chi connectivity index (χ2n) is 11.5. The number of aromatic nitrogens is 7. The lowest BCUT2D eigenvalue weighted by molar-refractivity contribution is 0.0445. The lowest BCUT2D eigenvalue weighted by Crippen LogP contribution is -2.48. The van der Waals surface area contributed by atoms with E-state index in [9.17, 15) is 9.59 Å². The van der Waals surface area contributed by atoms with E-state index in [0.29, 0.717) is 17.4 Å². The highest BCUT2D eigenvalue weighted by Crippen LogP contribution is 2.33. The number of carbonyl (C=O) groups excluding carboxylic acids is 1. The van der Waals surface area contributed by atoms with Crippen LogP contribution in [0.5, 0.6) is 0 Å². The molecule has 12 nitrogen and oxygen atoms in total. The van der Waals surface area contributed by atoms with Gasteiger partial charge in [0.25, 0.3) is 11.4 Å². The minimum atomic E-state index is -0.631. The molecule has 0 saturated carbocycles. The number of hydrogen-bond acceptors (Lipinski definition) is 9. The predicted octanol–water partition coefficient (Wildman–Crippen LogP) is 4.23. The highest BCUT2D eigenvalue weighted by Gasteiger charge is 2.24. The molecule has 0 radical (unpaired) electrons. The first-order chi connectivity index (χ1) is 23.0. The first-order valence-corrected chi connectivity index (χ1v) is 15.6. The molecule has 0 bridgehead atoms. The minimum Gasteiger partial charge on any atom is -0.458 e. The summed E-state index contributed by atoms with van der Waals surface area (Å²) in [5, 5.41) is 9.73. The Morgan fingerprint density at radius 2 is 1.53 bits per heavy atom. The Morgan fingerprint density at radius 1 is 0.830 bits per heavy atom. The highest BCUT2D eigenvalue weighted by molar-refractivity contribution is 5.87. The van der Waals surface area contributed by atoms with E-state index in [1.807, 2.05) is 47.8 Å². The molecular formula is C35H31N9O3. The summed E-state index contributed by atoms with van der Waals surface area (Å²) < 4.78 is 8.97.